The van der Waals surface area contributed by atoms with E-state index in [2.05, 4.69) is 10.2 Å². The highest BCUT2D eigenvalue weighted by Gasteiger charge is 2.21. The van der Waals surface area contributed by atoms with E-state index in [-0.39, 0.29) is 17.2 Å². The molecule has 0 aliphatic rings. The first-order valence-corrected chi connectivity index (χ1v) is 4.99. The smallest absolute Gasteiger partial charge is 0.246 e. The third kappa shape index (κ3) is 1.12. The van der Waals surface area contributed by atoms with Gasteiger partial charge in [-0.25, -0.2) is 0 Å². The van der Waals surface area contributed by atoms with Crippen molar-refractivity contribution in [1.29, 1.82) is 0 Å². The molecule has 2 aromatic heterocycles. The van der Waals surface area contributed by atoms with Crippen LogP contribution in [-0.4, -0.2) is 27.5 Å². The lowest BCUT2D eigenvalue weighted by Crippen LogP contribution is -1.85. The molecule has 0 aliphatic carbocycles. The Morgan fingerprint density at radius 2 is 2.18 bits per heavy atom. The van der Waals surface area contributed by atoms with Gasteiger partial charge in [-0.15, -0.1) is 5.10 Å². The zero-order valence-corrected chi connectivity index (χ0v) is 9.24. The summed E-state index contributed by atoms with van der Waals surface area (Å²) in [5, 5.41) is 27.5. The summed E-state index contributed by atoms with van der Waals surface area (Å²) in [5.74, 6) is -0.479. The molecule has 0 fully saturated rings. The second-order valence-electron chi connectivity index (χ2n) is 3.79. The molecule has 2 heterocycles. The third-order valence-corrected chi connectivity index (χ3v) is 2.78. The molecule has 0 atom stereocenters. The van der Waals surface area contributed by atoms with Crippen LogP contribution < -0.4 is 4.74 Å². The SMILES string of the molecule is COc1c(O)c(O)cc2c1oc1n[nH]c(C)c12. The minimum Gasteiger partial charge on any atom is -0.504 e. The Morgan fingerprint density at radius 1 is 1.41 bits per heavy atom. The quantitative estimate of drug-likeness (QED) is 0.560. The zero-order chi connectivity index (χ0) is 12.2. The fourth-order valence-corrected chi connectivity index (χ4v) is 1.99. The number of nitrogens with one attached hydrogen (secondary N) is 1. The monoisotopic (exact) mass is 234 g/mol. The molecule has 0 spiro atoms. The third-order valence-electron chi connectivity index (χ3n) is 2.78. The van der Waals surface area contributed by atoms with Gasteiger partial charge in [0.1, 0.15) is 0 Å². The molecule has 0 bridgehead atoms. The summed E-state index contributed by atoms with van der Waals surface area (Å²) in [6.07, 6.45) is 0. The second kappa shape index (κ2) is 3.07. The molecule has 3 rings (SSSR count). The highest BCUT2D eigenvalue weighted by atomic mass is 16.5. The van der Waals surface area contributed by atoms with Crippen LogP contribution >= 0.6 is 0 Å². The number of fused-ring (bicyclic) bond motifs is 3. The maximum absolute atomic E-state index is 9.66. The van der Waals surface area contributed by atoms with E-state index in [4.69, 9.17) is 9.15 Å². The van der Waals surface area contributed by atoms with Crippen molar-refractivity contribution in [3.05, 3.63) is 11.8 Å². The molecular weight excluding hydrogens is 224 g/mol. The van der Waals surface area contributed by atoms with Crippen molar-refractivity contribution in [2.75, 3.05) is 7.11 Å². The van der Waals surface area contributed by atoms with Crippen LogP contribution in [0.5, 0.6) is 17.2 Å². The number of furan rings is 1. The lowest BCUT2D eigenvalue weighted by Gasteiger charge is -2.05. The van der Waals surface area contributed by atoms with Crippen molar-refractivity contribution in [3.8, 4) is 17.2 Å². The largest absolute Gasteiger partial charge is 0.504 e. The average molecular weight is 234 g/mol. The van der Waals surface area contributed by atoms with Gasteiger partial charge < -0.3 is 19.4 Å². The number of H-pyrrole nitrogens is 1. The lowest BCUT2D eigenvalue weighted by atomic mass is 10.1. The number of benzene rings is 1. The summed E-state index contributed by atoms with van der Waals surface area (Å²) in [6, 6.07) is 1.43. The predicted molar refractivity (Wildman–Crippen MR) is 60.5 cm³/mol. The van der Waals surface area contributed by atoms with Gasteiger partial charge in [-0.2, -0.15) is 0 Å². The number of nitrogens with zero attached hydrogens (tertiary/aromatic N) is 1. The Balaban J connectivity index is 2.57. The van der Waals surface area contributed by atoms with Gasteiger partial charge in [0.05, 0.1) is 12.5 Å². The zero-order valence-electron chi connectivity index (χ0n) is 9.24. The molecule has 17 heavy (non-hydrogen) atoms. The first-order valence-electron chi connectivity index (χ1n) is 4.99. The topological polar surface area (TPSA) is 91.5 Å². The second-order valence-corrected chi connectivity index (χ2v) is 3.79. The molecule has 6 heteroatoms. The van der Waals surface area contributed by atoms with Crippen LogP contribution in [0, 0.1) is 6.92 Å². The van der Waals surface area contributed by atoms with Crippen molar-refractivity contribution in [3.63, 3.8) is 0 Å². The van der Waals surface area contributed by atoms with Crippen molar-refractivity contribution < 1.29 is 19.4 Å². The molecule has 0 unspecified atom stereocenters. The van der Waals surface area contributed by atoms with E-state index in [9.17, 15) is 10.2 Å². The van der Waals surface area contributed by atoms with E-state index in [0.717, 1.165) is 11.1 Å². The highest BCUT2D eigenvalue weighted by molar-refractivity contribution is 6.08. The Kier molecular flexibility index (Phi) is 1.77. The van der Waals surface area contributed by atoms with Crippen LogP contribution in [0.3, 0.4) is 0 Å². The number of phenolic OH excluding ortho intramolecular Hbond substituents is 2. The molecule has 0 aliphatic heterocycles. The van der Waals surface area contributed by atoms with Crippen molar-refractivity contribution in [2.24, 2.45) is 0 Å². The minimum absolute atomic E-state index is 0.109. The Morgan fingerprint density at radius 3 is 2.88 bits per heavy atom. The van der Waals surface area contributed by atoms with Crippen LogP contribution in [0.25, 0.3) is 22.1 Å². The Bertz CT molecular complexity index is 726. The molecular formula is C11H10N2O4. The summed E-state index contributed by atoms with van der Waals surface area (Å²) in [6.45, 7) is 1.85. The first kappa shape index (κ1) is 9.83. The summed E-state index contributed by atoms with van der Waals surface area (Å²) in [7, 11) is 1.40. The van der Waals surface area contributed by atoms with Gasteiger partial charge in [0.15, 0.2) is 11.3 Å². The minimum atomic E-state index is -0.335. The van der Waals surface area contributed by atoms with Crippen molar-refractivity contribution >= 4 is 22.1 Å². The van der Waals surface area contributed by atoms with Crippen molar-refractivity contribution in [2.45, 2.75) is 6.92 Å². The van der Waals surface area contributed by atoms with E-state index in [1.54, 1.807) is 0 Å². The predicted octanol–water partition coefficient (Wildman–Crippen LogP) is 2.04. The maximum atomic E-state index is 9.66. The number of aromatic hydroxyl groups is 2. The van der Waals surface area contributed by atoms with E-state index in [0.29, 0.717) is 16.7 Å². The molecule has 0 amide bonds. The van der Waals surface area contributed by atoms with Crippen molar-refractivity contribution in [1.82, 2.24) is 10.2 Å². The molecule has 0 radical (unpaired) electrons. The number of aryl methyl sites for hydroxylation is 1. The molecule has 1 aromatic carbocycles. The van der Waals surface area contributed by atoms with Crippen LogP contribution in [0.1, 0.15) is 5.69 Å². The molecule has 3 N–H and O–H groups in total. The number of methoxy groups -OCH3 is 1. The number of rotatable bonds is 1. The molecule has 3 aromatic rings. The summed E-state index contributed by atoms with van der Waals surface area (Å²) in [5.41, 5.74) is 1.61. The fraction of sp³-hybridized carbons (Fsp3) is 0.182. The first-order chi connectivity index (χ1) is 8.13. The summed E-state index contributed by atoms with van der Waals surface area (Å²) >= 11 is 0. The summed E-state index contributed by atoms with van der Waals surface area (Å²) < 4.78 is 10.5. The van der Waals surface area contributed by atoms with Gasteiger partial charge in [0, 0.05) is 11.1 Å². The van der Waals surface area contributed by atoms with Crippen LogP contribution in [0.2, 0.25) is 0 Å². The van der Waals surface area contributed by atoms with E-state index >= 15 is 0 Å². The number of hydrogen-bond acceptors (Lipinski definition) is 5. The Labute approximate surface area is 95.4 Å². The van der Waals surface area contributed by atoms with E-state index < -0.39 is 0 Å². The van der Waals surface area contributed by atoms with Crippen LogP contribution in [0.15, 0.2) is 10.5 Å². The number of aromatic nitrogens is 2. The van der Waals surface area contributed by atoms with Crippen LogP contribution in [-0.2, 0) is 0 Å². The lowest BCUT2D eigenvalue weighted by molar-refractivity contribution is 0.350. The summed E-state index contributed by atoms with van der Waals surface area (Å²) in [4.78, 5) is 0. The van der Waals surface area contributed by atoms with Gasteiger partial charge in [-0.3, -0.25) is 5.10 Å². The van der Waals surface area contributed by atoms with Gasteiger partial charge in [0.25, 0.3) is 0 Å². The number of ether oxygens (including phenoxy) is 1. The number of phenols is 2. The molecule has 0 saturated heterocycles. The maximum Gasteiger partial charge on any atom is 0.246 e. The Hall–Kier alpha value is -2.37. The standard InChI is InChI=1S/C11H10N2O4/c1-4-7-5-3-6(14)8(15)10(16-2)9(5)17-11(7)13-12-4/h3,14-15H,1-2H3,(H,12,13). The number of hydrogen-bond donors (Lipinski definition) is 3. The highest BCUT2D eigenvalue weighted by Crippen LogP contribution is 2.45. The van der Waals surface area contributed by atoms with Gasteiger partial charge >= 0.3 is 0 Å². The van der Waals surface area contributed by atoms with E-state index in [1.807, 2.05) is 6.92 Å². The number of aromatic amines is 1. The molecule has 6 nitrogen and oxygen atoms in total. The van der Waals surface area contributed by atoms with Crippen LogP contribution in [0.4, 0.5) is 0 Å². The molecule has 0 saturated carbocycles. The fourth-order valence-electron chi connectivity index (χ4n) is 1.99. The van der Waals surface area contributed by atoms with Gasteiger partial charge in [-0.05, 0) is 13.0 Å². The van der Waals surface area contributed by atoms with Gasteiger partial charge in [0.2, 0.25) is 17.2 Å². The average Bonchev–Trinajstić information content (AvgIpc) is 2.82. The van der Waals surface area contributed by atoms with Gasteiger partial charge in [-0.1, -0.05) is 0 Å². The normalized spacial score (nSPS) is 11.4. The molecule has 88 valence electrons. The van der Waals surface area contributed by atoms with E-state index in [1.165, 1.54) is 13.2 Å².